The highest BCUT2D eigenvalue weighted by molar-refractivity contribution is 9.10. The summed E-state index contributed by atoms with van der Waals surface area (Å²) in [4.78, 5) is 25.6. The van der Waals surface area contributed by atoms with E-state index in [0.717, 1.165) is 15.8 Å². The third-order valence-corrected chi connectivity index (χ3v) is 6.02. The number of para-hydroxylation sites is 1. The molecule has 1 heterocycles. The van der Waals surface area contributed by atoms with E-state index in [1.165, 1.54) is 0 Å². The predicted molar refractivity (Wildman–Crippen MR) is 159 cm³/mol. The molecule has 0 saturated carbocycles. The molecule has 208 valence electrons. The number of phenolic OH excluding ortho intramolecular Hbond substituents is 1. The number of nitrogens with one attached hydrogen (secondary N) is 3. The Labute approximate surface area is 241 Å². The highest BCUT2D eigenvalue weighted by atomic mass is 79.9. The van der Waals surface area contributed by atoms with Gasteiger partial charge in [-0.05, 0) is 55.0 Å². The van der Waals surface area contributed by atoms with Crippen LogP contribution in [0.3, 0.4) is 0 Å². The van der Waals surface area contributed by atoms with Crippen LogP contribution < -0.4 is 16.0 Å². The molecule has 0 aliphatic carbocycles. The van der Waals surface area contributed by atoms with E-state index in [1.807, 2.05) is 54.6 Å². The summed E-state index contributed by atoms with van der Waals surface area (Å²) in [6.45, 7) is 2.29. The number of rotatable bonds is 16. The van der Waals surface area contributed by atoms with E-state index >= 15 is 0 Å². The van der Waals surface area contributed by atoms with Crippen molar-refractivity contribution in [3.05, 3.63) is 88.9 Å². The summed E-state index contributed by atoms with van der Waals surface area (Å²) in [5.74, 6) is 1.37. The monoisotopic (exact) mass is 606 g/mol. The quantitative estimate of drug-likeness (QED) is 0.0690. The van der Waals surface area contributed by atoms with Crippen LogP contribution in [0, 0.1) is 0 Å². The number of carbonyl (C=O) groups is 1. The minimum atomic E-state index is 0.106. The van der Waals surface area contributed by atoms with Crippen molar-refractivity contribution in [1.82, 2.24) is 15.0 Å². The lowest BCUT2D eigenvalue weighted by Gasteiger charge is -2.12. The summed E-state index contributed by atoms with van der Waals surface area (Å²) >= 11 is 3.39. The smallest absolute Gasteiger partial charge is 0.233 e. The zero-order valence-corrected chi connectivity index (χ0v) is 23.4. The maximum absolute atomic E-state index is 12.2. The van der Waals surface area contributed by atoms with Crippen LogP contribution in [0.1, 0.15) is 23.2 Å². The minimum absolute atomic E-state index is 0.106. The van der Waals surface area contributed by atoms with E-state index in [9.17, 15) is 9.90 Å². The SMILES string of the molecule is O=C(CCCOCCOCCNc1nc(Nc2ccccc2)nc(Nc2ccc(O)cc2)n1)c1cccc(Br)c1. The van der Waals surface area contributed by atoms with Crippen LogP contribution in [0.25, 0.3) is 0 Å². The van der Waals surface area contributed by atoms with Crippen molar-refractivity contribution in [2.75, 3.05) is 48.9 Å². The van der Waals surface area contributed by atoms with Gasteiger partial charge in [0.25, 0.3) is 0 Å². The fraction of sp³-hybridized carbons (Fsp3) is 0.241. The molecular weight excluding hydrogens is 576 g/mol. The number of aromatic nitrogens is 3. The molecule has 0 radical (unpaired) electrons. The van der Waals surface area contributed by atoms with E-state index in [1.54, 1.807) is 24.3 Å². The van der Waals surface area contributed by atoms with Gasteiger partial charge in [0, 0.05) is 41.0 Å². The summed E-state index contributed by atoms with van der Waals surface area (Å²) in [7, 11) is 0. The van der Waals surface area contributed by atoms with Crippen molar-refractivity contribution in [3.63, 3.8) is 0 Å². The van der Waals surface area contributed by atoms with Crippen LogP contribution in [0.15, 0.2) is 83.3 Å². The molecule has 11 heteroatoms. The van der Waals surface area contributed by atoms with Gasteiger partial charge in [0.05, 0.1) is 19.8 Å². The molecule has 3 aromatic carbocycles. The highest BCUT2D eigenvalue weighted by Crippen LogP contribution is 2.20. The van der Waals surface area contributed by atoms with Crippen LogP contribution >= 0.6 is 15.9 Å². The molecule has 0 aliphatic rings. The van der Waals surface area contributed by atoms with Crippen LogP contribution in [0.2, 0.25) is 0 Å². The number of anilines is 5. The molecule has 0 aliphatic heterocycles. The third-order valence-electron chi connectivity index (χ3n) is 5.53. The summed E-state index contributed by atoms with van der Waals surface area (Å²) in [6.07, 6.45) is 1.10. The number of carbonyl (C=O) groups excluding carboxylic acids is 1. The molecule has 1 aromatic heterocycles. The normalized spacial score (nSPS) is 10.7. The first-order valence-corrected chi connectivity index (χ1v) is 13.7. The van der Waals surface area contributed by atoms with Gasteiger partial charge in [0.2, 0.25) is 17.8 Å². The number of hydrogen-bond donors (Lipinski definition) is 4. The summed E-state index contributed by atoms with van der Waals surface area (Å²) in [6, 6.07) is 23.6. The van der Waals surface area contributed by atoms with Gasteiger partial charge >= 0.3 is 0 Å². The van der Waals surface area contributed by atoms with Gasteiger partial charge < -0.3 is 30.5 Å². The molecule has 4 N–H and O–H groups in total. The lowest BCUT2D eigenvalue weighted by Crippen LogP contribution is -2.15. The van der Waals surface area contributed by atoms with Crippen LogP contribution in [0.4, 0.5) is 29.2 Å². The van der Waals surface area contributed by atoms with E-state index < -0.39 is 0 Å². The molecule has 0 fully saturated rings. The molecule has 40 heavy (non-hydrogen) atoms. The Morgan fingerprint density at radius 2 is 1.40 bits per heavy atom. The van der Waals surface area contributed by atoms with Gasteiger partial charge in [-0.25, -0.2) is 0 Å². The zero-order chi connectivity index (χ0) is 28.0. The van der Waals surface area contributed by atoms with Gasteiger partial charge in [-0.2, -0.15) is 15.0 Å². The number of ketones is 1. The van der Waals surface area contributed by atoms with Crippen molar-refractivity contribution in [3.8, 4) is 5.75 Å². The molecule has 0 bridgehead atoms. The number of phenols is 1. The Kier molecular flexibility index (Phi) is 11.2. The Bertz CT molecular complexity index is 1360. The predicted octanol–water partition coefficient (Wildman–Crippen LogP) is 5.94. The second-order valence-electron chi connectivity index (χ2n) is 8.66. The Morgan fingerprint density at radius 1 is 0.750 bits per heavy atom. The maximum Gasteiger partial charge on any atom is 0.233 e. The largest absolute Gasteiger partial charge is 0.508 e. The molecule has 10 nitrogen and oxygen atoms in total. The Balaban J connectivity index is 1.18. The molecule has 0 saturated heterocycles. The Hall–Kier alpha value is -4.06. The first-order valence-electron chi connectivity index (χ1n) is 12.9. The van der Waals surface area contributed by atoms with Gasteiger partial charge in [0.15, 0.2) is 5.78 Å². The van der Waals surface area contributed by atoms with Gasteiger partial charge in [-0.1, -0.05) is 46.3 Å². The lowest BCUT2D eigenvalue weighted by molar-refractivity contribution is 0.0497. The van der Waals surface area contributed by atoms with Crippen LogP contribution in [-0.4, -0.2) is 58.8 Å². The molecule has 4 rings (SSSR count). The average Bonchev–Trinajstić information content (AvgIpc) is 2.95. The number of Topliss-reactive ketones (excluding diaryl/α,β-unsaturated/α-hetero) is 1. The van der Waals surface area contributed by atoms with E-state index in [2.05, 4.69) is 46.8 Å². The van der Waals surface area contributed by atoms with Crippen molar-refractivity contribution in [2.24, 2.45) is 0 Å². The standard InChI is InChI=1S/C29H31BrN6O4/c30-22-7-4-6-21(20-22)26(38)10-5-16-39-18-19-40-17-15-31-27-34-28(32-23-8-2-1-3-9-23)36-29(35-27)33-24-11-13-25(37)14-12-24/h1-4,6-9,11-14,20,37H,5,10,15-19H2,(H3,31,32,33,34,35,36). The topological polar surface area (TPSA) is 131 Å². The molecule has 0 unspecified atom stereocenters. The van der Waals surface area contributed by atoms with E-state index in [4.69, 9.17) is 9.47 Å². The fourth-order valence-corrected chi connectivity index (χ4v) is 3.99. The number of aromatic hydroxyl groups is 1. The van der Waals surface area contributed by atoms with Gasteiger partial charge in [-0.3, -0.25) is 4.79 Å². The van der Waals surface area contributed by atoms with Crippen molar-refractivity contribution < 1.29 is 19.4 Å². The van der Waals surface area contributed by atoms with Crippen molar-refractivity contribution >= 4 is 50.9 Å². The van der Waals surface area contributed by atoms with Crippen molar-refractivity contribution in [1.29, 1.82) is 0 Å². The summed E-state index contributed by atoms with van der Waals surface area (Å²) < 4.78 is 12.1. The Morgan fingerprint density at radius 3 is 2.10 bits per heavy atom. The highest BCUT2D eigenvalue weighted by Gasteiger charge is 2.08. The zero-order valence-electron chi connectivity index (χ0n) is 21.8. The maximum atomic E-state index is 12.2. The fourth-order valence-electron chi connectivity index (χ4n) is 3.59. The first-order chi connectivity index (χ1) is 19.5. The molecule has 0 amide bonds. The number of benzene rings is 3. The van der Waals surface area contributed by atoms with Gasteiger partial charge in [-0.15, -0.1) is 0 Å². The third kappa shape index (κ3) is 9.92. The van der Waals surface area contributed by atoms with Crippen LogP contribution in [-0.2, 0) is 9.47 Å². The summed E-state index contributed by atoms with van der Waals surface area (Å²) in [5.41, 5.74) is 2.27. The molecule has 4 aromatic rings. The first kappa shape index (κ1) is 28.9. The number of hydrogen-bond acceptors (Lipinski definition) is 10. The second kappa shape index (κ2) is 15.5. The molecule has 0 spiro atoms. The minimum Gasteiger partial charge on any atom is -0.508 e. The van der Waals surface area contributed by atoms with Crippen molar-refractivity contribution in [2.45, 2.75) is 12.8 Å². The van der Waals surface area contributed by atoms with E-state index in [-0.39, 0.29) is 11.5 Å². The van der Waals surface area contributed by atoms with Crippen LogP contribution in [0.5, 0.6) is 5.75 Å². The number of ether oxygens (including phenoxy) is 2. The second-order valence-corrected chi connectivity index (χ2v) is 9.57. The summed E-state index contributed by atoms with van der Waals surface area (Å²) in [5, 5.41) is 19.0. The molecular formula is C29H31BrN6O4. The molecule has 0 atom stereocenters. The van der Waals surface area contributed by atoms with E-state index in [0.29, 0.717) is 69.2 Å². The lowest BCUT2D eigenvalue weighted by atomic mass is 10.1. The number of nitrogens with zero attached hydrogens (tertiary/aromatic N) is 3. The average molecular weight is 608 g/mol. The number of halogens is 1. The van der Waals surface area contributed by atoms with Gasteiger partial charge in [0.1, 0.15) is 5.75 Å².